The number of rotatable bonds is 5. The summed E-state index contributed by atoms with van der Waals surface area (Å²) in [6.45, 7) is 2.61. The molecule has 1 saturated heterocycles. The Balaban J connectivity index is 1.57. The molecule has 4 heteroatoms. The van der Waals surface area contributed by atoms with Crippen molar-refractivity contribution in [2.45, 2.75) is 25.4 Å². The van der Waals surface area contributed by atoms with Crippen molar-refractivity contribution < 1.29 is 4.74 Å². The van der Waals surface area contributed by atoms with Crippen LogP contribution in [-0.4, -0.2) is 22.7 Å². The summed E-state index contributed by atoms with van der Waals surface area (Å²) in [4.78, 5) is 4.26. The number of aromatic nitrogens is 2. The van der Waals surface area contributed by atoms with Crippen LogP contribution in [0.3, 0.4) is 0 Å². The number of hydrogen-bond donors (Lipinski definition) is 1. The zero-order valence-electron chi connectivity index (χ0n) is 11.0. The number of ether oxygens (including phenoxy) is 1. The van der Waals surface area contributed by atoms with Gasteiger partial charge in [0.05, 0.1) is 18.6 Å². The Morgan fingerprint density at radius 3 is 3.00 bits per heavy atom. The van der Waals surface area contributed by atoms with Crippen LogP contribution < -0.4 is 10.1 Å². The van der Waals surface area contributed by atoms with Gasteiger partial charge >= 0.3 is 0 Å². The molecule has 1 atom stereocenters. The molecule has 1 unspecified atom stereocenters. The summed E-state index contributed by atoms with van der Waals surface area (Å²) in [6, 6.07) is 10.4. The third-order valence-electron chi connectivity index (χ3n) is 3.51. The molecule has 1 fully saturated rings. The number of para-hydroxylation sites is 1. The van der Waals surface area contributed by atoms with Gasteiger partial charge in [-0.05, 0) is 31.5 Å². The highest BCUT2D eigenvalue weighted by Gasteiger charge is 2.19. The molecule has 1 aliphatic heterocycles. The van der Waals surface area contributed by atoms with E-state index < -0.39 is 0 Å². The highest BCUT2D eigenvalue weighted by Crippen LogP contribution is 2.22. The monoisotopic (exact) mass is 257 g/mol. The standard InChI is InChI=1S/C15H19N3O/c1-2-5-13(6-3-1)19-10-9-18-12-16-11-15(18)14-7-4-8-17-14/h1-3,5-6,11-12,14,17H,4,7-10H2. The van der Waals surface area contributed by atoms with Crippen LogP contribution >= 0.6 is 0 Å². The fraction of sp³-hybridized carbons (Fsp3) is 0.400. The fourth-order valence-electron chi connectivity index (χ4n) is 2.52. The third-order valence-corrected chi connectivity index (χ3v) is 3.51. The van der Waals surface area contributed by atoms with E-state index in [0.29, 0.717) is 12.6 Å². The van der Waals surface area contributed by atoms with Crippen molar-refractivity contribution in [1.82, 2.24) is 14.9 Å². The zero-order chi connectivity index (χ0) is 12.9. The van der Waals surface area contributed by atoms with Gasteiger partial charge in [0, 0.05) is 12.2 Å². The summed E-state index contributed by atoms with van der Waals surface area (Å²) in [7, 11) is 0. The van der Waals surface area contributed by atoms with Crippen LogP contribution in [-0.2, 0) is 6.54 Å². The van der Waals surface area contributed by atoms with E-state index in [1.165, 1.54) is 18.5 Å². The van der Waals surface area contributed by atoms with E-state index in [-0.39, 0.29) is 0 Å². The van der Waals surface area contributed by atoms with Crippen molar-refractivity contribution >= 4 is 0 Å². The van der Waals surface area contributed by atoms with Crippen LogP contribution in [0, 0.1) is 0 Å². The normalized spacial score (nSPS) is 18.6. The Hall–Kier alpha value is -1.81. The van der Waals surface area contributed by atoms with Crippen molar-refractivity contribution in [1.29, 1.82) is 0 Å². The predicted molar refractivity (Wildman–Crippen MR) is 74.1 cm³/mol. The first-order valence-electron chi connectivity index (χ1n) is 6.85. The van der Waals surface area contributed by atoms with Gasteiger partial charge in [-0.25, -0.2) is 4.98 Å². The minimum atomic E-state index is 0.458. The van der Waals surface area contributed by atoms with Crippen LogP contribution in [0.4, 0.5) is 0 Å². The first-order valence-corrected chi connectivity index (χ1v) is 6.85. The van der Waals surface area contributed by atoms with Gasteiger partial charge in [-0.15, -0.1) is 0 Å². The van der Waals surface area contributed by atoms with E-state index in [4.69, 9.17) is 4.74 Å². The quantitative estimate of drug-likeness (QED) is 0.894. The molecule has 0 radical (unpaired) electrons. The van der Waals surface area contributed by atoms with Gasteiger partial charge in [0.25, 0.3) is 0 Å². The lowest BCUT2D eigenvalue weighted by molar-refractivity contribution is 0.295. The number of benzene rings is 1. The lowest BCUT2D eigenvalue weighted by atomic mass is 10.2. The Kier molecular flexibility index (Phi) is 3.79. The van der Waals surface area contributed by atoms with Crippen LogP contribution in [0.25, 0.3) is 0 Å². The van der Waals surface area contributed by atoms with E-state index in [2.05, 4.69) is 14.9 Å². The molecule has 0 saturated carbocycles. The highest BCUT2D eigenvalue weighted by molar-refractivity contribution is 5.20. The summed E-state index contributed by atoms with van der Waals surface area (Å²) < 4.78 is 7.91. The molecule has 0 amide bonds. The highest BCUT2D eigenvalue weighted by atomic mass is 16.5. The molecule has 100 valence electrons. The molecule has 0 spiro atoms. The average molecular weight is 257 g/mol. The number of nitrogens with zero attached hydrogens (tertiary/aromatic N) is 2. The van der Waals surface area contributed by atoms with Gasteiger partial charge in [-0.2, -0.15) is 0 Å². The lowest BCUT2D eigenvalue weighted by Crippen LogP contribution is -2.18. The minimum Gasteiger partial charge on any atom is -0.492 e. The molecule has 0 bridgehead atoms. The largest absolute Gasteiger partial charge is 0.492 e. The van der Waals surface area contributed by atoms with Crippen molar-refractivity contribution in [2.75, 3.05) is 13.2 Å². The molecule has 1 aliphatic rings. The van der Waals surface area contributed by atoms with Crippen LogP contribution in [0.5, 0.6) is 5.75 Å². The Bertz CT molecular complexity index is 503. The van der Waals surface area contributed by atoms with Gasteiger partial charge in [-0.3, -0.25) is 0 Å². The Morgan fingerprint density at radius 2 is 2.21 bits per heavy atom. The minimum absolute atomic E-state index is 0.458. The molecular weight excluding hydrogens is 238 g/mol. The molecule has 2 aromatic rings. The molecule has 1 aromatic carbocycles. The Morgan fingerprint density at radius 1 is 1.32 bits per heavy atom. The van der Waals surface area contributed by atoms with Gasteiger partial charge in [0.2, 0.25) is 0 Å². The van der Waals surface area contributed by atoms with Gasteiger partial charge in [0.15, 0.2) is 0 Å². The second-order valence-corrected chi connectivity index (χ2v) is 4.82. The molecular formula is C15H19N3O. The van der Waals surface area contributed by atoms with E-state index in [1.54, 1.807) is 0 Å². The van der Waals surface area contributed by atoms with E-state index in [9.17, 15) is 0 Å². The van der Waals surface area contributed by atoms with Crippen molar-refractivity contribution in [3.8, 4) is 5.75 Å². The second-order valence-electron chi connectivity index (χ2n) is 4.82. The number of imidazole rings is 1. The van der Waals surface area contributed by atoms with Crippen molar-refractivity contribution in [2.24, 2.45) is 0 Å². The van der Waals surface area contributed by atoms with Gasteiger partial charge in [0.1, 0.15) is 12.4 Å². The molecule has 1 N–H and O–H groups in total. The summed E-state index contributed by atoms with van der Waals surface area (Å²) in [5.41, 5.74) is 1.27. The Labute approximate surface area is 113 Å². The molecule has 4 nitrogen and oxygen atoms in total. The van der Waals surface area contributed by atoms with Crippen molar-refractivity contribution in [3.05, 3.63) is 48.5 Å². The maximum absolute atomic E-state index is 5.73. The van der Waals surface area contributed by atoms with E-state index in [1.807, 2.05) is 42.9 Å². The molecule has 2 heterocycles. The molecule has 1 aromatic heterocycles. The maximum atomic E-state index is 5.73. The molecule has 3 rings (SSSR count). The average Bonchev–Trinajstić information content (AvgIpc) is 3.10. The topological polar surface area (TPSA) is 39.1 Å². The summed E-state index contributed by atoms with van der Waals surface area (Å²) >= 11 is 0. The number of hydrogen-bond acceptors (Lipinski definition) is 3. The summed E-state index contributed by atoms with van der Waals surface area (Å²) in [5, 5.41) is 3.51. The first kappa shape index (κ1) is 12.2. The summed E-state index contributed by atoms with van der Waals surface area (Å²) in [5.74, 6) is 0.920. The summed E-state index contributed by atoms with van der Waals surface area (Å²) in [6.07, 6.45) is 6.30. The van der Waals surface area contributed by atoms with E-state index >= 15 is 0 Å². The predicted octanol–water partition coefficient (Wildman–Crippen LogP) is 2.39. The number of nitrogens with one attached hydrogen (secondary N) is 1. The van der Waals surface area contributed by atoms with Gasteiger partial charge < -0.3 is 14.6 Å². The van der Waals surface area contributed by atoms with Crippen molar-refractivity contribution in [3.63, 3.8) is 0 Å². The third kappa shape index (κ3) is 2.96. The van der Waals surface area contributed by atoms with Crippen LogP contribution in [0.1, 0.15) is 24.6 Å². The van der Waals surface area contributed by atoms with Crippen LogP contribution in [0.2, 0.25) is 0 Å². The smallest absolute Gasteiger partial charge is 0.119 e. The fourth-order valence-corrected chi connectivity index (χ4v) is 2.52. The molecule has 19 heavy (non-hydrogen) atoms. The van der Waals surface area contributed by atoms with E-state index in [0.717, 1.165) is 18.8 Å². The SMILES string of the molecule is c1ccc(OCCn2cncc2C2CCCN2)cc1. The second kappa shape index (κ2) is 5.89. The zero-order valence-corrected chi connectivity index (χ0v) is 11.0. The lowest BCUT2D eigenvalue weighted by Gasteiger charge is -2.14. The maximum Gasteiger partial charge on any atom is 0.119 e. The molecule has 0 aliphatic carbocycles. The van der Waals surface area contributed by atoms with Gasteiger partial charge in [-0.1, -0.05) is 18.2 Å². The van der Waals surface area contributed by atoms with Crippen LogP contribution in [0.15, 0.2) is 42.9 Å². The first-order chi connectivity index (χ1) is 9.43.